The van der Waals surface area contributed by atoms with Crippen LogP contribution in [0.25, 0.3) is 0 Å². The van der Waals surface area contributed by atoms with Crippen LogP contribution in [0.4, 0.5) is 17.6 Å². The fraction of sp³-hybridized carbons (Fsp3) is 0.273. The van der Waals surface area contributed by atoms with Crippen LogP contribution in [-0.4, -0.2) is 26.1 Å². The maximum absolute atomic E-state index is 13.2. The van der Waals surface area contributed by atoms with Crippen molar-refractivity contribution in [2.45, 2.75) is 6.18 Å². The summed E-state index contributed by atoms with van der Waals surface area (Å²) in [7, 11) is 2.44. The summed E-state index contributed by atoms with van der Waals surface area (Å²) in [6, 6.07) is 2.01. The van der Waals surface area contributed by atoms with Crippen molar-refractivity contribution in [2.75, 3.05) is 14.2 Å². The molecule has 0 bridgehead atoms. The molecule has 1 aromatic carbocycles. The summed E-state index contributed by atoms with van der Waals surface area (Å²) >= 11 is 0. The normalized spacial score (nSPS) is 12.8. The quantitative estimate of drug-likeness (QED) is 0.483. The summed E-state index contributed by atoms with van der Waals surface area (Å²) in [4.78, 5) is 8.84. The van der Waals surface area contributed by atoms with Gasteiger partial charge in [0.15, 0.2) is 0 Å². The molecule has 0 fully saturated rings. The monoisotopic (exact) mass is 278 g/mol. The van der Waals surface area contributed by atoms with Crippen molar-refractivity contribution in [2.24, 2.45) is 10.3 Å². The molecule has 0 spiro atoms. The van der Waals surface area contributed by atoms with Crippen LogP contribution in [0.1, 0.15) is 11.1 Å². The molecule has 104 valence electrons. The number of hydrogen-bond donors (Lipinski definition) is 0. The fourth-order valence-corrected chi connectivity index (χ4v) is 1.25. The van der Waals surface area contributed by atoms with Gasteiger partial charge in [-0.3, -0.25) is 0 Å². The number of alkyl halides is 3. The lowest BCUT2D eigenvalue weighted by Gasteiger charge is -2.09. The van der Waals surface area contributed by atoms with Crippen LogP contribution in [0.15, 0.2) is 28.5 Å². The topological polar surface area (TPSA) is 43.2 Å². The van der Waals surface area contributed by atoms with Crippen LogP contribution in [0.5, 0.6) is 0 Å². The Labute approximate surface area is 106 Å². The van der Waals surface area contributed by atoms with Gasteiger partial charge in [-0.25, -0.2) is 4.39 Å². The zero-order chi connectivity index (χ0) is 14.5. The highest BCUT2D eigenvalue weighted by Gasteiger charge is 2.31. The lowest BCUT2D eigenvalue weighted by atomic mass is 10.1. The van der Waals surface area contributed by atoms with Crippen LogP contribution < -0.4 is 0 Å². The summed E-state index contributed by atoms with van der Waals surface area (Å²) in [5, 5.41) is 6.80. The molecule has 19 heavy (non-hydrogen) atoms. The second kappa shape index (κ2) is 6.17. The molecule has 0 aliphatic rings. The lowest BCUT2D eigenvalue weighted by Crippen LogP contribution is -2.10. The molecule has 0 atom stereocenters. The van der Waals surface area contributed by atoms with Gasteiger partial charge in [-0.2, -0.15) is 13.2 Å². The molecule has 0 aliphatic heterocycles. The highest BCUT2D eigenvalue weighted by Crippen LogP contribution is 2.30. The van der Waals surface area contributed by atoms with E-state index in [4.69, 9.17) is 0 Å². The minimum absolute atomic E-state index is 0.102. The first kappa shape index (κ1) is 14.9. The number of halogens is 4. The molecule has 0 heterocycles. The second-order valence-corrected chi connectivity index (χ2v) is 3.30. The van der Waals surface area contributed by atoms with E-state index in [1.807, 2.05) is 0 Å². The first-order chi connectivity index (χ1) is 8.88. The molecule has 8 heteroatoms. The smallest absolute Gasteiger partial charge is 0.399 e. The van der Waals surface area contributed by atoms with Crippen molar-refractivity contribution < 1.29 is 27.2 Å². The third-order valence-corrected chi connectivity index (χ3v) is 1.99. The Kier molecular flexibility index (Phi) is 4.85. The van der Waals surface area contributed by atoms with Crippen molar-refractivity contribution in [3.8, 4) is 0 Å². The minimum Gasteiger partial charge on any atom is -0.399 e. The van der Waals surface area contributed by atoms with Crippen molar-refractivity contribution in [3.05, 3.63) is 35.1 Å². The second-order valence-electron chi connectivity index (χ2n) is 3.30. The van der Waals surface area contributed by atoms with E-state index in [1.54, 1.807) is 0 Å². The van der Waals surface area contributed by atoms with Gasteiger partial charge < -0.3 is 9.68 Å². The average molecular weight is 278 g/mol. The zero-order valence-electron chi connectivity index (χ0n) is 10.0. The van der Waals surface area contributed by atoms with Crippen LogP contribution in [-0.2, 0) is 15.9 Å². The van der Waals surface area contributed by atoms with Crippen molar-refractivity contribution in [1.29, 1.82) is 0 Å². The van der Waals surface area contributed by atoms with E-state index < -0.39 is 17.6 Å². The number of nitrogens with zero attached hydrogens (tertiary/aromatic N) is 2. The van der Waals surface area contributed by atoms with Crippen molar-refractivity contribution >= 4 is 11.9 Å². The Morgan fingerprint density at radius 2 is 1.84 bits per heavy atom. The highest BCUT2D eigenvalue weighted by molar-refractivity contribution is 6.38. The standard InChI is InChI=1S/C11H10F4N2O2/c1-18-16-6-10(17-19-2)7-3-8(11(13,14)15)5-9(12)4-7/h3-6H,1-2H3. The molecule has 0 unspecified atom stereocenters. The average Bonchev–Trinajstić information content (AvgIpc) is 2.32. The van der Waals surface area contributed by atoms with Gasteiger partial charge in [0.25, 0.3) is 0 Å². The SMILES string of the molecule is CON=CC(=NOC)c1cc(F)cc(C(F)(F)F)c1. The van der Waals surface area contributed by atoms with E-state index in [0.29, 0.717) is 6.07 Å². The van der Waals surface area contributed by atoms with E-state index in [-0.39, 0.29) is 11.3 Å². The molecule has 0 radical (unpaired) electrons. The maximum Gasteiger partial charge on any atom is 0.416 e. The van der Waals surface area contributed by atoms with E-state index >= 15 is 0 Å². The molecule has 0 aromatic heterocycles. The number of hydrogen-bond acceptors (Lipinski definition) is 4. The predicted molar refractivity (Wildman–Crippen MR) is 60.4 cm³/mol. The van der Waals surface area contributed by atoms with Gasteiger partial charge in [-0.1, -0.05) is 10.3 Å². The van der Waals surface area contributed by atoms with Crippen molar-refractivity contribution in [1.82, 2.24) is 0 Å². The van der Waals surface area contributed by atoms with Crippen molar-refractivity contribution in [3.63, 3.8) is 0 Å². The Morgan fingerprint density at radius 3 is 2.37 bits per heavy atom. The van der Waals surface area contributed by atoms with Crippen LogP contribution in [0.3, 0.4) is 0 Å². The molecule has 0 saturated carbocycles. The van der Waals surface area contributed by atoms with E-state index in [2.05, 4.69) is 20.0 Å². The van der Waals surface area contributed by atoms with Gasteiger partial charge in [0.05, 0.1) is 11.8 Å². The van der Waals surface area contributed by atoms with Crippen LogP contribution in [0.2, 0.25) is 0 Å². The Bertz CT molecular complexity index is 498. The number of oxime groups is 2. The third kappa shape index (κ3) is 4.23. The van der Waals surface area contributed by atoms with Crippen LogP contribution >= 0.6 is 0 Å². The number of rotatable bonds is 4. The van der Waals surface area contributed by atoms with Gasteiger partial charge in [0, 0.05) is 5.56 Å². The number of benzene rings is 1. The minimum atomic E-state index is -4.66. The Balaban J connectivity index is 3.28. The Hall–Kier alpha value is -2.12. The van der Waals surface area contributed by atoms with E-state index in [1.165, 1.54) is 14.2 Å². The molecular weight excluding hydrogens is 268 g/mol. The fourth-order valence-electron chi connectivity index (χ4n) is 1.25. The lowest BCUT2D eigenvalue weighted by molar-refractivity contribution is -0.137. The van der Waals surface area contributed by atoms with E-state index in [0.717, 1.165) is 18.3 Å². The molecule has 0 N–H and O–H groups in total. The molecular formula is C11H10F4N2O2. The first-order valence-corrected chi connectivity index (χ1v) is 4.94. The molecule has 1 rings (SSSR count). The summed E-state index contributed by atoms with van der Waals surface area (Å²) in [6.07, 6.45) is -3.65. The summed E-state index contributed by atoms with van der Waals surface area (Å²) in [5.41, 5.74) is -1.36. The molecule has 1 aromatic rings. The first-order valence-electron chi connectivity index (χ1n) is 4.94. The molecule has 0 saturated heterocycles. The van der Waals surface area contributed by atoms with Crippen LogP contribution in [0, 0.1) is 5.82 Å². The van der Waals surface area contributed by atoms with E-state index in [9.17, 15) is 17.6 Å². The summed E-state index contributed by atoms with van der Waals surface area (Å²) in [5.74, 6) is -1.04. The third-order valence-electron chi connectivity index (χ3n) is 1.99. The van der Waals surface area contributed by atoms with Gasteiger partial charge in [-0.15, -0.1) is 0 Å². The Morgan fingerprint density at radius 1 is 1.16 bits per heavy atom. The largest absolute Gasteiger partial charge is 0.416 e. The molecule has 4 nitrogen and oxygen atoms in total. The van der Waals surface area contributed by atoms with Gasteiger partial charge in [0.1, 0.15) is 25.7 Å². The zero-order valence-corrected chi connectivity index (χ0v) is 10.0. The maximum atomic E-state index is 13.2. The summed E-state index contributed by atoms with van der Waals surface area (Å²) < 4.78 is 50.9. The molecule has 0 amide bonds. The predicted octanol–water partition coefficient (Wildman–Crippen LogP) is 2.83. The van der Waals surface area contributed by atoms with Gasteiger partial charge >= 0.3 is 6.18 Å². The van der Waals surface area contributed by atoms with Gasteiger partial charge in [0.2, 0.25) is 0 Å². The van der Waals surface area contributed by atoms with Gasteiger partial charge in [-0.05, 0) is 18.2 Å². The molecule has 0 aliphatic carbocycles. The summed E-state index contributed by atoms with van der Waals surface area (Å²) in [6.45, 7) is 0. The highest BCUT2D eigenvalue weighted by atomic mass is 19.4.